The highest BCUT2D eigenvalue weighted by Crippen LogP contribution is 2.27. The molecular formula is C19H20N4O2. The van der Waals surface area contributed by atoms with Crippen LogP contribution in [0.1, 0.15) is 35.1 Å². The number of carbonyl (C=O) groups is 1. The number of amides is 1. The van der Waals surface area contributed by atoms with Gasteiger partial charge < -0.3 is 14.6 Å². The number of fused-ring (bicyclic) bond motifs is 1. The van der Waals surface area contributed by atoms with Crippen LogP contribution in [0.4, 0.5) is 0 Å². The van der Waals surface area contributed by atoms with Gasteiger partial charge >= 0.3 is 0 Å². The molecule has 1 fully saturated rings. The standard InChI is InChI=1S/C19H20N4O2/c1-25-17-10-4-9-16(20-17)19(24)23-11-5-6-13(12-23)18-21-14-7-2-3-8-15(14)22-18/h2-4,7-10,13H,5-6,11-12H2,1H3,(H,21,22). The number of H-pyrrole nitrogens is 1. The minimum atomic E-state index is -0.0558. The van der Waals surface area contributed by atoms with E-state index in [1.54, 1.807) is 25.3 Å². The number of nitrogens with zero attached hydrogens (tertiary/aromatic N) is 3. The van der Waals surface area contributed by atoms with Gasteiger partial charge in [0.15, 0.2) is 0 Å². The Morgan fingerprint density at radius 1 is 1.20 bits per heavy atom. The Balaban J connectivity index is 1.54. The van der Waals surface area contributed by atoms with Gasteiger partial charge in [-0.3, -0.25) is 4.79 Å². The largest absolute Gasteiger partial charge is 0.481 e. The molecule has 6 nitrogen and oxygen atoms in total. The van der Waals surface area contributed by atoms with Crippen LogP contribution in [0.15, 0.2) is 42.5 Å². The summed E-state index contributed by atoms with van der Waals surface area (Å²) < 4.78 is 5.12. The van der Waals surface area contributed by atoms with Crippen LogP contribution in [0.2, 0.25) is 0 Å². The molecule has 3 heterocycles. The molecule has 1 atom stereocenters. The zero-order valence-electron chi connectivity index (χ0n) is 14.1. The van der Waals surface area contributed by atoms with E-state index >= 15 is 0 Å². The fourth-order valence-electron chi connectivity index (χ4n) is 3.36. The summed E-state index contributed by atoms with van der Waals surface area (Å²) >= 11 is 0. The highest BCUT2D eigenvalue weighted by atomic mass is 16.5. The summed E-state index contributed by atoms with van der Waals surface area (Å²) in [6.07, 6.45) is 1.98. The van der Waals surface area contributed by atoms with E-state index in [2.05, 4.69) is 9.97 Å². The molecule has 0 spiro atoms. The van der Waals surface area contributed by atoms with Gasteiger partial charge in [-0.05, 0) is 31.0 Å². The summed E-state index contributed by atoms with van der Waals surface area (Å²) in [5.74, 6) is 1.57. The van der Waals surface area contributed by atoms with Gasteiger partial charge in [0.05, 0.1) is 18.1 Å². The zero-order valence-corrected chi connectivity index (χ0v) is 14.1. The quantitative estimate of drug-likeness (QED) is 0.798. The third kappa shape index (κ3) is 3.07. The average Bonchev–Trinajstić information content (AvgIpc) is 3.12. The van der Waals surface area contributed by atoms with Crippen molar-refractivity contribution in [2.75, 3.05) is 20.2 Å². The van der Waals surface area contributed by atoms with E-state index < -0.39 is 0 Å². The van der Waals surface area contributed by atoms with Crippen LogP contribution in [-0.2, 0) is 0 Å². The lowest BCUT2D eigenvalue weighted by molar-refractivity contribution is 0.0698. The van der Waals surface area contributed by atoms with Crippen molar-refractivity contribution in [1.29, 1.82) is 0 Å². The van der Waals surface area contributed by atoms with E-state index in [-0.39, 0.29) is 11.8 Å². The molecular weight excluding hydrogens is 316 g/mol. The lowest BCUT2D eigenvalue weighted by Gasteiger charge is -2.31. The number of piperidine rings is 1. The molecule has 1 aromatic carbocycles. The van der Waals surface area contributed by atoms with Gasteiger partial charge in [-0.25, -0.2) is 9.97 Å². The number of benzene rings is 1. The highest BCUT2D eigenvalue weighted by molar-refractivity contribution is 5.92. The molecule has 0 saturated carbocycles. The Hall–Kier alpha value is -2.89. The number of para-hydroxylation sites is 2. The highest BCUT2D eigenvalue weighted by Gasteiger charge is 2.28. The van der Waals surface area contributed by atoms with E-state index in [9.17, 15) is 4.79 Å². The third-order valence-electron chi connectivity index (χ3n) is 4.65. The van der Waals surface area contributed by atoms with Crippen molar-refractivity contribution in [2.24, 2.45) is 0 Å². The molecule has 3 aromatic rings. The van der Waals surface area contributed by atoms with Crippen LogP contribution in [0.25, 0.3) is 11.0 Å². The lowest BCUT2D eigenvalue weighted by atomic mass is 9.97. The molecule has 128 valence electrons. The molecule has 25 heavy (non-hydrogen) atoms. The van der Waals surface area contributed by atoms with Crippen molar-refractivity contribution in [3.63, 3.8) is 0 Å². The monoisotopic (exact) mass is 336 g/mol. The molecule has 1 aliphatic rings. The van der Waals surface area contributed by atoms with E-state index in [1.165, 1.54) is 0 Å². The Labute approximate surface area is 145 Å². The SMILES string of the molecule is COc1cccc(C(=O)N2CCCC(c3nc4ccccc4[nH]3)C2)n1. The van der Waals surface area contributed by atoms with Crippen LogP contribution < -0.4 is 4.74 Å². The van der Waals surface area contributed by atoms with Gasteiger partial charge in [-0.15, -0.1) is 0 Å². The number of aromatic amines is 1. The fourth-order valence-corrected chi connectivity index (χ4v) is 3.36. The van der Waals surface area contributed by atoms with Crippen LogP contribution in [-0.4, -0.2) is 46.0 Å². The first-order valence-corrected chi connectivity index (χ1v) is 8.49. The van der Waals surface area contributed by atoms with Crippen LogP contribution in [0.3, 0.4) is 0 Å². The summed E-state index contributed by atoms with van der Waals surface area (Å²) in [5.41, 5.74) is 2.43. The van der Waals surface area contributed by atoms with Crippen molar-refractivity contribution < 1.29 is 9.53 Å². The summed E-state index contributed by atoms with van der Waals surface area (Å²) in [4.78, 5) is 27.0. The van der Waals surface area contributed by atoms with Crippen molar-refractivity contribution in [3.8, 4) is 5.88 Å². The Bertz CT molecular complexity index is 872. The molecule has 1 amide bonds. The smallest absolute Gasteiger partial charge is 0.272 e. The second-order valence-corrected chi connectivity index (χ2v) is 6.29. The van der Waals surface area contributed by atoms with Gasteiger partial charge in [0.1, 0.15) is 11.5 Å². The number of carbonyl (C=O) groups excluding carboxylic acids is 1. The Morgan fingerprint density at radius 2 is 2.08 bits per heavy atom. The van der Waals surface area contributed by atoms with Gasteiger partial charge in [0.2, 0.25) is 5.88 Å². The number of rotatable bonds is 3. The summed E-state index contributed by atoms with van der Waals surface area (Å²) in [5, 5.41) is 0. The molecule has 6 heteroatoms. The molecule has 2 aromatic heterocycles. The van der Waals surface area contributed by atoms with Crippen LogP contribution in [0, 0.1) is 0 Å². The Kier molecular flexibility index (Phi) is 4.09. The zero-order chi connectivity index (χ0) is 17.2. The molecule has 0 bridgehead atoms. The number of ether oxygens (including phenoxy) is 1. The van der Waals surface area contributed by atoms with E-state index in [0.29, 0.717) is 18.1 Å². The fraction of sp³-hybridized carbons (Fsp3) is 0.316. The maximum atomic E-state index is 12.8. The molecule has 1 N–H and O–H groups in total. The molecule has 1 unspecified atom stereocenters. The third-order valence-corrected chi connectivity index (χ3v) is 4.65. The minimum absolute atomic E-state index is 0.0558. The molecule has 4 rings (SSSR count). The number of imidazole rings is 1. The molecule has 0 aliphatic carbocycles. The summed E-state index contributed by atoms with van der Waals surface area (Å²) in [7, 11) is 1.55. The molecule has 1 aliphatic heterocycles. The maximum Gasteiger partial charge on any atom is 0.272 e. The predicted molar refractivity (Wildman–Crippen MR) is 94.8 cm³/mol. The second kappa shape index (κ2) is 6.55. The number of nitrogens with one attached hydrogen (secondary N) is 1. The average molecular weight is 336 g/mol. The molecule has 0 radical (unpaired) electrons. The number of hydrogen-bond donors (Lipinski definition) is 1. The van der Waals surface area contributed by atoms with Gasteiger partial charge in [-0.2, -0.15) is 0 Å². The van der Waals surface area contributed by atoms with Crippen LogP contribution in [0.5, 0.6) is 5.88 Å². The number of aromatic nitrogens is 3. The molecule has 1 saturated heterocycles. The maximum absolute atomic E-state index is 12.8. The van der Waals surface area contributed by atoms with Crippen molar-refractivity contribution in [2.45, 2.75) is 18.8 Å². The number of methoxy groups -OCH3 is 1. The number of pyridine rings is 1. The normalized spacial score (nSPS) is 17.6. The van der Waals surface area contributed by atoms with Crippen LogP contribution >= 0.6 is 0 Å². The number of hydrogen-bond acceptors (Lipinski definition) is 4. The summed E-state index contributed by atoms with van der Waals surface area (Å²) in [6, 6.07) is 13.3. The van der Waals surface area contributed by atoms with Gasteiger partial charge in [0, 0.05) is 25.1 Å². The van der Waals surface area contributed by atoms with E-state index in [1.807, 2.05) is 29.2 Å². The van der Waals surface area contributed by atoms with Crippen molar-refractivity contribution in [3.05, 3.63) is 54.0 Å². The second-order valence-electron chi connectivity index (χ2n) is 6.29. The number of likely N-dealkylation sites (tertiary alicyclic amines) is 1. The van der Waals surface area contributed by atoms with Gasteiger partial charge in [-0.1, -0.05) is 18.2 Å². The predicted octanol–water partition coefficient (Wildman–Crippen LogP) is 2.99. The summed E-state index contributed by atoms with van der Waals surface area (Å²) in [6.45, 7) is 1.39. The first-order chi connectivity index (χ1) is 12.2. The Morgan fingerprint density at radius 3 is 2.92 bits per heavy atom. The van der Waals surface area contributed by atoms with Gasteiger partial charge in [0.25, 0.3) is 5.91 Å². The first kappa shape index (κ1) is 15.6. The lowest BCUT2D eigenvalue weighted by Crippen LogP contribution is -2.39. The first-order valence-electron chi connectivity index (χ1n) is 8.49. The van der Waals surface area contributed by atoms with E-state index in [0.717, 1.165) is 36.2 Å². The minimum Gasteiger partial charge on any atom is -0.481 e. The van der Waals surface area contributed by atoms with Crippen molar-refractivity contribution >= 4 is 16.9 Å². The van der Waals surface area contributed by atoms with Crippen molar-refractivity contribution in [1.82, 2.24) is 19.9 Å². The van der Waals surface area contributed by atoms with E-state index in [4.69, 9.17) is 9.72 Å². The topological polar surface area (TPSA) is 71.1 Å².